The molecule has 5 nitrogen and oxygen atoms in total. The zero-order valence-electron chi connectivity index (χ0n) is 16.8. The highest BCUT2D eigenvalue weighted by molar-refractivity contribution is 6.01. The van der Waals surface area contributed by atoms with Gasteiger partial charge in [0.2, 0.25) is 0 Å². The minimum atomic E-state index is -1.49. The summed E-state index contributed by atoms with van der Waals surface area (Å²) >= 11 is 0. The SMILES string of the molecule is CCOC(=O)C(Cc1cccnc1)(Cc1cccc2ccccc12)C(=O)OCC. The number of esters is 2. The van der Waals surface area contributed by atoms with Crippen LogP contribution in [0.15, 0.2) is 67.0 Å². The summed E-state index contributed by atoms with van der Waals surface area (Å²) in [4.78, 5) is 30.5. The summed E-state index contributed by atoms with van der Waals surface area (Å²) in [6.45, 7) is 3.83. The number of pyridine rings is 1. The van der Waals surface area contributed by atoms with Crippen LogP contribution < -0.4 is 0 Å². The quantitative estimate of drug-likeness (QED) is 0.427. The molecule has 0 fully saturated rings. The lowest BCUT2D eigenvalue weighted by atomic mass is 9.75. The second-order valence-corrected chi connectivity index (χ2v) is 6.88. The lowest BCUT2D eigenvalue weighted by molar-refractivity contribution is -0.172. The summed E-state index contributed by atoms with van der Waals surface area (Å²) in [7, 11) is 0. The van der Waals surface area contributed by atoms with Crippen LogP contribution in [0, 0.1) is 5.41 Å². The van der Waals surface area contributed by atoms with Gasteiger partial charge in [0, 0.05) is 25.2 Å². The molecule has 0 aliphatic carbocycles. The average molecular weight is 391 g/mol. The van der Waals surface area contributed by atoms with Crippen molar-refractivity contribution in [2.45, 2.75) is 26.7 Å². The van der Waals surface area contributed by atoms with Gasteiger partial charge in [-0.1, -0.05) is 48.5 Å². The molecule has 3 aromatic rings. The molecule has 0 unspecified atom stereocenters. The Hall–Kier alpha value is -3.21. The van der Waals surface area contributed by atoms with Crippen LogP contribution in [0.3, 0.4) is 0 Å². The molecule has 0 saturated carbocycles. The van der Waals surface area contributed by atoms with E-state index in [9.17, 15) is 9.59 Å². The Bertz CT molecular complexity index is 961. The van der Waals surface area contributed by atoms with Gasteiger partial charge >= 0.3 is 11.9 Å². The molecule has 5 heteroatoms. The molecule has 0 saturated heterocycles. The molecular formula is C24H25NO4. The van der Waals surface area contributed by atoms with Gasteiger partial charge < -0.3 is 9.47 Å². The van der Waals surface area contributed by atoms with Crippen molar-refractivity contribution in [1.29, 1.82) is 0 Å². The van der Waals surface area contributed by atoms with Crippen molar-refractivity contribution in [1.82, 2.24) is 4.98 Å². The van der Waals surface area contributed by atoms with Gasteiger partial charge in [-0.2, -0.15) is 0 Å². The van der Waals surface area contributed by atoms with Gasteiger partial charge in [-0.3, -0.25) is 14.6 Å². The number of carbonyl (C=O) groups is 2. The van der Waals surface area contributed by atoms with Crippen molar-refractivity contribution >= 4 is 22.7 Å². The number of benzene rings is 2. The van der Waals surface area contributed by atoms with Crippen LogP contribution in [-0.2, 0) is 31.9 Å². The zero-order valence-corrected chi connectivity index (χ0v) is 16.8. The van der Waals surface area contributed by atoms with Crippen LogP contribution in [0.2, 0.25) is 0 Å². The molecule has 1 aromatic heterocycles. The number of ether oxygens (including phenoxy) is 2. The lowest BCUT2D eigenvalue weighted by Gasteiger charge is -2.30. The third-order valence-corrected chi connectivity index (χ3v) is 4.93. The van der Waals surface area contributed by atoms with Crippen molar-refractivity contribution < 1.29 is 19.1 Å². The third-order valence-electron chi connectivity index (χ3n) is 4.93. The molecule has 0 radical (unpaired) electrons. The molecule has 1 heterocycles. The molecule has 29 heavy (non-hydrogen) atoms. The zero-order chi connectivity index (χ0) is 20.7. The fraction of sp³-hybridized carbons (Fsp3) is 0.292. The summed E-state index contributed by atoms with van der Waals surface area (Å²) in [5.74, 6) is -1.15. The van der Waals surface area contributed by atoms with Crippen molar-refractivity contribution in [3.05, 3.63) is 78.1 Å². The van der Waals surface area contributed by atoms with Crippen LogP contribution in [0.5, 0.6) is 0 Å². The van der Waals surface area contributed by atoms with Crippen molar-refractivity contribution in [2.24, 2.45) is 5.41 Å². The van der Waals surface area contributed by atoms with Crippen LogP contribution in [0.25, 0.3) is 10.8 Å². The molecule has 150 valence electrons. The van der Waals surface area contributed by atoms with E-state index < -0.39 is 17.4 Å². The number of aromatic nitrogens is 1. The number of fused-ring (bicyclic) bond motifs is 1. The van der Waals surface area contributed by atoms with Gasteiger partial charge in [0.1, 0.15) is 0 Å². The summed E-state index contributed by atoms with van der Waals surface area (Å²) in [5, 5.41) is 2.05. The molecule has 0 N–H and O–H groups in total. The largest absolute Gasteiger partial charge is 0.465 e. The summed E-state index contributed by atoms with van der Waals surface area (Å²) in [6.07, 6.45) is 3.66. The number of carbonyl (C=O) groups excluding carboxylic acids is 2. The Kier molecular flexibility index (Phi) is 6.60. The normalized spacial score (nSPS) is 11.2. The standard InChI is InChI=1S/C24H25NO4/c1-3-28-22(26)24(23(27)29-4-2,15-18-9-8-14-25-17-18)16-20-12-7-11-19-10-5-6-13-21(19)20/h5-14,17H,3-4,15-16H2,1-2H3. The Morgan fingerprint density at radius 3 is 2.21 bits per heavy atom. The maximum atomic E-state index is 13.2. The lowest BCUT2D eigenvalue weighted by Crippen LogP contribution is -2.46. The highest BCUT2D eigenvalue weighted by Crippen LogP contribution is 2.34. The van der Waals surface area contributed by atoms with E-state index in [-0.39, 0.29) is 26.1 Å². The third kappa shape index (κ3) is 4.45. The van der Waals surface area contributed by atoms with E-state index in [1.807, 2.05) is 48.5 Å². The Morgan fingerprint density at radius 2 is 1.55 bits per heavy atom. The molecule has 0 aliphatic heterocycles. The molecular weight excluding hydrogens is 366 g/mol. The van der Waals surface area contributed by atoms with Gasteiger partial charge in [0.25, 0.3) is 0 Å². The van der Waals surface area contributed by atoms with Crippen LogP contribution in [-0.4, -0.2) is 30.1 Å². The van der Waals surface area contributed by atoms with E-state index in [0.29, 0.717) is 0 Å². The van der Waals surface area contributed by atoms with Crippen LogP contribution in [0.1, 0.15) is 25.0 Å². The Morgan fingerprint density at radius 1 is 0.862 bits per heavy atom. The fourth-order valence-corrected chi connectivity index (χ4v) is 3.60. The van der Waals surface area contributed by atoms with E-state index in [0.717, 1.165) is 21.9 Å². The van der Waals surface area contributed by atoms with Gasteiger partial charge in [0.15, 0.2) is 5.41 Å². The molecule has 3 rings (SSSR count). The van der Waals surface area contributed by atoms with Gasteiger partial charge in [-0.25, -0.2) is 0 Å². The van der Waals surface area contributed by atoms with E-state index in [1.165, 1.54) is 0 Å². The van der Waals surface area contributed by atoms with E-state index >= 15 is 0 Å². The molecule has 2 aromatic carbocycles. The monoisotopic (exact) mass is 391 g/mol. The number of hydrogen-bond donors (Lipinski definition) is 0. The Balaban J connectivity index is 2.13. The maximum absolute atomic E-state index is 13.2. The van der Waals surface area contributed by atoms with Crippen molar-refractivity contribution in [3.63, 3.8) is 0 Å². The van der Waals surface area contributed by atoms with E-state index in [4.69, 9.17) is 9.47 Å². The second kappa shape index (κ2) is 9.32. The fourth-order valence-electron chi connectivity index (χ4n) is 3.60. The maximum Gasteiger partial charge on any atom is 0.324 e. The molecule has 0 atom stereocenters. The summed E-state index contributed by atoms with van der Waals surface area (Å²) in [6, 6.07) is 17.4. The predicted octanol–water partition coefficient (Wildman–Crippen LogP) is 4.13. The molecule has 0 amide bonds. The Labute approximate surface area is 170 Å². The first-order chi connectivity index (χ1) is 14.1. The number of nitrogens with zero attached hydrogens (tertiary/aromatic N) is 1. The highest BCUT2D eigenvalue weighted by atomic mass is 16.6. The van der Waals surface area contributed by atoms with E-state index in [2.05, 4.69) is 4.98 Å². The van der Waals surface area contributed by atoms with Crippen molar-refractivity contribution in [2.75, 3.05) is 13.2 Å². The first kappa shape index (κ1) is 20.5. The smallest absolute Gasteiger partial charge is 0.324 e. The van der Waals surface area contributed by atoms with Crippen LogP contribution >= 0.6 is 0 Å². The van der Waals surface area contributed by atoms with E-state index in [1.54, 1.807) is 32.3 Å². The van der Waals surface area contributed by atoms with Crippen LogP contribution in [0.4, 0.5) is 0 Å². The van der Waals surface area contributed by atoms with Gasteiger partial charge in [-0.15, -0.1) is 0 Å². The average Bonchev–Trinajstić information content (AvgIpc) is 2.74. The molecule has 0 aliphatic rings. The molecule has 0 bridgehead atoms. The highest BCUT2D eigenvalue weighted by Gasteiger charge is 2.49. The van der Waals surface area contributed by atoms with Gasteiger partial charge in [-0.05, 0) is 41.8 Å². The predicted molar refractivity (Wildman–Crippen MR) is 111 cm³/mol. The van der Waals surface area contributed by atoms with Gasteiger partial charge in [0.05, 0.1) is 13.2 Å². The molecule has 0 spiro atoms. The minimum absolute atomic E-state index is 0.154. The topological polar surface area (TPSA) is 65.5 Å². The minimum Gasteiger partial charge on any atom is -0.465 e. The second-order valence-electron chi connectivity index (χ2n) is 6.88. The summed E-state index contributed by atoms with van der Waals surface area (Å²) in [5.41, 5.74) is 0.182. The first-order valence-electron chi connectivity index (χ1n) is 9.80. The first-order valence-corrected chi connectivity index (χ1v) is 9.80. The number of rotatable bonds is 8. The summed E-state index contributed by atoms with van der Waals surface area (Å²) < 4.78 is 10.7. The number of hydrogen-bond acceptors (Lipinski definition) is 5. The van der Waals surface area contributed by atoms with Crippen molar-refractivity contribution in [3.8, 4) is 0 Å².